The normalized spacial score (nSPS) is 10.6. The summed E-state index contributed by atoms with van der Waals surface area (Å²) >= 11 is 13.5. The second kappa shape index (κ2) is 9.88. The van der Waals surface area contributed by atoms with Crippen LogP contribution in [0.1, 0.15) is 22.8 Å². The number of carbonyl (C=O) groups excluding carboxylic acids is 2. The molecular weight excluding hydrogens is 447 g/mol. The van der Waals surface area contributed by atoms with E-state index in [0.717, 1.165) is 10.2 Å². The van der Waals surface area contributed by atoms with E-state index in [0.29, 0.717) is 5.75 Å². The molecule has 1 heterocycles. The van der Waals surface area contributed by atoms with Gasteiger partial charge in [-0.3, -0.25) is 0 Å². The Kier molecular flexibility index (Phi) is 7.25. The van der Waals surface area contributed by atoms with Gasteiger partial charge in [0.15, 0.2) is 0 Å². The van der Waals surface area contributed by atoms with Crippen molar-refractivity contribution in [2.45, 2.75) is 17.7 Å². The second-order valence-corrected chi connectivity index (χ2v) is 7.78. The maximum atomic E-state index is 12.8. The van der Waals surface area contributed by atoms with E-state index in [1.54, 1.807) is 25.1 Å². The Balaban J connectivity index is 1.92. The molecule has 7 nitrogen and oxygen atoms in total. The first kappa shape index (κ1) is 22.0. The van der Waals surface area contributed by atoms with E-state index in [1.807, 2.05) is 30.3 Å². The third-order valence-electron chi connectivity index (χ3n) is 3.97. The van der Waals surface area contributed by atoms with Crippen LogP contribution >= 0.6 is 35.0 Å². The van der Waals surface area contributed by atoms with Crippen LogP contribution in [0, 0.1) is 0 Å². The number of halogens is 2. The number of nitrogens with one attached hydrogen (secondary N) is 1. The number of hydrogen-bond donors (Lipinski definition) is 2. The molecule has 0 spiro atoms. The van der Waals surface area contributed by atoms with E-state index in [4.69, 9.17) is 33.7 Å². The molecule has 0 aliphatic rings. The lowest BCUT2D eigenvalue weighted by molar-refractivity contribution is 0.0523. The van der Waals surface area contributed by atoms with Crippen molar-refractivity contribution >= 4 is 58.5 Å². The number of anilines is 2. The summed E-state index contributed by atoms with van der Waals surface area (Å²) in [6.45, 7) is 1.84. The van der Waals surface area contributed by atoms with Crippen LogP contribution in [0.4, 0.5) is 16.3 Å². The minimum absolute atomic E-state index is 0.0400. The van der Waals surface area contributed by atoms with Crippen molar-refractivity contribution in [3.05, 3.63) is 69.7 Å². The number of hydrogen-bond acceptors (Lipinski definition) is 6. The molecule has 1 amide bonds. The molecule has 0 saturated heterocycles. The molecule has 10 heteroatoms. The molecule has 0 bridgehead atoms. The highest BCUT2D eigenvalue weighted by Crippen LogP contribution is 2.32. The molecule has 1 aromatic heterocycles. The molecule has 0 saturated carbocycles. The molecule has 3 N–H and O–H groups in total. The van der Waals surface area contributed by atoms with Crippen molar-refractivity contribution in [3.63, 3.8) is 0 Å². The number of para-hydroxylation sites is 1. The number of carbonyl (C=O) groups is 2. The van der Waals surface area contributed by atoms with Crippen LogP contribution in [0.15, 0.2) is 53.6 Å². The van der Waals surface area contributed by atoms with Gasteiger partial charge >= 0.3 is 12.0 Å². The van der Waals surface area contributed by atoms with Gasteiger partial charge in [0.2, 0.25) is 0 Å². The zero-order valence-electron chi connectivity index (χ0n) is 15.9. The third-order valence-corrected chi connectivity index (χ3v) is 5.64. The molecule has 2 aromatic carbocycles. The largest absolute Gasteiger partial charge is 0.462 e. The Morgan fingerprint density at radius 3 is 2.43 bits per heavy atom. The minimum atomic E-state index is -0.709. The number of aromatic nitrogens is 2. The predicted octanol–water partition coefficient (Wildman–Crippen LogP) is 5.32. The Hall–Kier alpha value is -2.68. The van der Waals surface area contributed by atoms with Gasteiger partial charge in [-0.05, 0) is 24.6 Å². The molecule has 0 radical (unpaired) electrons. The van der Waals surface area contributed by atoms with E-state index in [9.17, 15) is 9.59 Å². The number of ether oxygens (including phenoxy) is 1. The van der Waals surface area contributed by atoms with Gasteiger partial charge in [0.05, 0.1) is 22.3 Å². The van der Waals surface area contributed by atoms with Crippen molar-refractivity contribution in [1.82, 2.24) is 9.78 Å². The van der Waals surface area contributed by atoms with E-state index >= 15 is 0 Å². The summed E-state index contributed by atoms with van der Waals surface area (Å²) in [5.74, 6) is -0.258. The average molecular weight is 465 g/mol. The van der Waals surface area contributed by atoms with E-state index < -0.39 is 12.0 Å². The van der Waals surface area contributed by atoms with Gasteiger partial charge in [-0.2, -0.15) is 9.78 Å². The maximum Gasteiger partial charge on any atom is 0.348 e. The van der Waals surface area contributed by atoms with Gasteiger partial charge in [0.25, 0.3) is 0 Å². The van der Waals surface area contributed by atoms with E-state index in [2.05, 4.69) is 10.4 Å². The number of benzene rings is 2. The van der Waals surface area contributed by atoms with Crippen LogP contribution in [-0.4, -0.2) is 28.4 Å². The van der Waals surface area contributed by atoms with Gasteiger partial charge < -0.3 is 15.8 Å². The molecule has 0 unspecified atom stereocenters. The van der Waals surface area contributed by atoms with Crippen LogP contribution in [0.3, 0.4) is 0 Å². The molecular formula is C20H18Cl2N4O3S. The number of rotatable bonds is 6. The smallest absolute Gasteiger partial charge is 0.348 e. The zero-order chi connectivity index (χ0) is 21.7. The summed E-state index contributed by atoms with van der Waals surface area (Å²) in [6, 6.07) is 13.7. The fourth-order valence-corrected chi connectivity index (χ4v) is 4.02. The van der Waals surface area contributed by atoms with Crippen LogP contribution < -0.4 is 11.1 Å². The summed E-state index contributed by atoms with van der Waals surface area (Å²) < 4.78 is 5.99. The average Bonchev–Trinajstić information content (AvgIpc) is 3.06. The summed E-state index contributed by atoms with van der Waals surface area (Å²) in [5.41, 5.74) is 7.38. The fourth-order valence-electron chi connectivity index (χ4n) is 2.56. The molecule has 3 aromatic rings. The van der Waals surface area contributed by atoms with Crippen molar-refractivity contribution in [2.24, 2.45) is 0 Å². The topological polar surface area (TPSA) is 99.2 Å². The number of nitrogen functional groups attached to an aromatic ring is 1. The molecule has 0 aliphatic carbocycles. The number of nitrogens with zero attached hydrogens (tertiary/aromatic N) is 2. The molecule has 30 heavy (non-hydrogen) atoms. The highest BCUT2D eigenvalue weighted by atomic mass is 35.5. The first-order chi connectivity index (χ1) is 14.4. The molecule has 0 aliphatic heterocycles. The van der Waals surface area contributed by atoms with Crippen LogP contribution in [-0.2, 0) is 10.5 Å². The summed E-state index contributed by atoms with van der Waals surface area (Å²) in [7, 11) is 0. The summed E-state index contributed by atoms with van der Waals surface area (Å²) in [4.78, 5) is 25.2. The number of thioether (sulfide) groups is 1. The minimum Gasteiger partial charge on any atom is -0.462 e. The number of amides is 1. The Morgan fingerprint density at radius 1 is 1.13 bits per heavy atom. The second-order valence-electron chi connectivity index (χ2n) is 6.00. The number of esters is 1. The van der Waals surface area contributed by atoms with Gasteiger partial charge in [-0.1, -0.05) is 71.4 Å². The SMILES string of the molecule is CCOC(=O)c1c(SCc2ccccc2)nn(C(=O)Nc2c(Cl)cccc2Cl)c1N. The third kappa shape index (κ3) is 4.89. The lowest BCUT2D eigenvalue weighted by Gasteiger charge is -2.09. The molecule has 156 valence electrons. The quantitative estimate of drug-likeness (QED) is 0.378. The summed E-state index contributed by atoms with van der Waals surface area (Å²) in [6.07, 6.45) is 0. The van der Waals surface area contributed by atoms with Crippen LogP contribution in [0.25, 0.3) is 0 Å². The van der Waals surface area contributed by atoms with Gasteiger partial charge in [-0.15, -0.1) is 0 Å². The standard InChI is InChI=1S/C20H18Cl2N4O3S/c1-2-29-19(27)15-17(23)26(20(28)24-16-13(21)9-6-10-14(16)22)25-18(15)30-11-12-7-4-3-5-8-12/h3-10H,2,11,23H2,1H3,(H,24,28). The highest BCUT2D eigenvalue weighted by Gasteiger charge is 2.27. The predicted molar refractivity (Wildman–Crippen MR) is 119 cm³/mol. The first-order valence-corrected chi connectivity index (χ1v) is 10.6. The number of nitrogens with two attached hydrogens (primary N) is 1. The van der Waals surface area contributed by atoms with Gasteiger partial charge in [0, 0.05) is 5.75 Å². The zero-order valence-corrected chi connectivity index (χ0v) is 18.2. The Bertz CT molecular complexity index is 1050. The van der Waals surface area contributed by atoms with E-state index in [-0.39, 0.29) is 38.7 Å². The van der Waals surface area contributed by atoms with Crippen molar-refractivity contribution in [3.8, 4) is 0 Å². The van der Waals surface area contributed by atoms with Crippen molar-refractivity contribution < 1.29 is 14.3 Å². The Labute approximate surface area is 187 Å². The van der Waals surface area contributed by atoms with Crippen molar-refractivity contribution in [2.75, 3.05) is 17.7 Å². The van der Waals surface area contributed by atoms with Crippen molar-refractivity contribution in [1.29, 1.82) is 0 Å². The van der Waals surface area contributed by atoms with Gasteiger partial charge in [0.1, 0.15) is 16.4 Å². The molecule has 0 atom stereocenters. The lowest BCUT2D eigenvalue weighted by atomic mass is 10.2. The monoisotopic (exact) mass is 464 g/mol. The Morgan fingerprint density at radius 2 is 1.80 bits per heavy atom. The van der Waals surface area contributed by atoms with E-state index in [1.165, 1.54) is 11.8 Å². The first-order valence-electron chi connectivity index (χ1n) is 8.90. The maximum absolute atomic E-state index is 12.8. The van der Waals surface area contributed by atoms with Crippen LogP contribution in [0.5, 0.6) is 0 Å². The molecule has 3 rings (SSSR count). The lowest BCUT2D eigenvalue weighted by Crippen LogP contribution is -2.23. The highest BCUT2D eigenvalue weighted by molar-refractivity contribution is 7.98. The summed E-state index contributed by atoms with van der Waals surface area (Å²) in [5, 5.41) is 7.61. The molecule has 0 fully saturated rings. The van der Waals surface area contributed by atoms with Gasteiger partial charge in [-0.25, -0.2) is 9.59 Å². The fraction of sp³-hybridized carbons (Fsp3) is 0.150. The van der Waals surface area contributed by atoms with Crippen LogP contribution in [0.2, 0.25) is 10.0 Å².